The highest BCUT2D eigenvalue weighted by molar-refractivity contribution is 6.29. The first-order valence-corrected chi connectivity index (χ1v) is 8.59. The van der Waals surface area contributed by atoms with E-state index in [-0.39, 0.29) is 11.7 Å². The van der Waals surface area contributed by atoms with E-state index in [0.29, 0.717) is 17.1 Å². The molecule has 4 rings (SSSR count). The molecule has 0 fully saturated rings. The lowest BCUT2D eigenvalue weighted by molar-refractivity contribution is -0.118. The molecular weight excluding hydrogens is 338 g/mol. The summed E-state index contributed by atoms with van der Waals surface area (Å²) in [6, 6.07) is 25.6. The SMILES string of the molecule is O=C1C(C=Nc2ccccc2O)C(c2ccccc2)=NN1c1ccccc1. The molecule has 1 unspecified atom stereocenters. The van der Waals surface area contributed by atoms with Crippen molar-refractivity contribution >= 4 is 29.2 Å². The van der Waals surface area contributed by atoms with Gasteiger partial charge in [-0.05, 0) is 29.8 Å². The van der Waals surface area contributed by atoms with Gasteiger partial charge >= 0.3 is 0 Å². The van der Waals surface area contributed by atoms with Crippen molar-refractivity contribution in [3.05, 3.63) is 90.5 Å². The van der Waals surface area contributed by atoms with Crippen molar-refractivity contribution in [2.45, 2.75) is 0 Å². The van der Waals surface area contributed by atoms with E-state index in [1.54, 1.807) is 30.5 Å². The van der Waals surface area contributed by atoms with Gasteiger partial charge in [-0.3, -0.25) is 9.79 Å². The Bertz CT molecular complexity index is 1010. The molecule has 0 saturated heterocycles. The minimum atomic E-state index is -0.632. The molecule has 0 radical (unpaired) electrons. The molecular formula is C22H17N3O2. The van der Waals surface area contributed by atoms with Crippen molar-refractivity contribution in [3.8, 4) is 5.75 Å². The molecule has 0 bridgehead atoms. The third kappa shape index (κ3) is 3.35. The van der Waals surface area contributed by atoms with Crippen molar-refractivity contribution in [3.63, 3.8) is 0 Å². The number of hydrogen-bond acceptors (Lipinski definition) is 4. The van der Waals surface area contributed by atoms with Gasteiger partial charge in [0, 0.05) is 6.21 Å². The van der Waals surface area contributed by atoms with Gasteiger partial charge in [-0.15, -0.1) is 0 Å². The molecule has 0 saturated carbocycles. The topological polar surface area (TPSA) is 65.3 Å². The number of aliphatic imine (C=N–C) groups is 1. The van der Waals surface area contributed by atoms with Crippen LogP contribution in [0.2, 0.25) is 0 Å². The Morgan fingerprint density at radius 1 is 0.889 bits per heavy atom. The molecule has 1 aliphatic rings. The highest BCUT2D eigenvalue weighted by Gasteiger charge is 2.36. The largest absolute Gasteiger partial charge is 0.506 e. The van der Waals surface area contributed by atoms with E-state index in [0.717, 1.165) is 5.56 Å². The molecule has 3 aromatic carbocycles. The van der Waals surface area contributed by atoms with E-state index in [4.69, 9.17) is 0 Å². The molecule has 0 aliphatic carbocycles. The van der Waals surface area contributed by atoms with Crippen LogP contribution in [0.1, 0.15) is 5.56 Å². The van der Waals surface area contributed by atoms with Gasteiger partial charge in [0.05, 0.1) is 11.4 Å². The molecule has 5 nitrogen and oxygen atoms in total. The number of phenols is 1. The lowest BCUT2D eigenvalue weighted by Crippen LogP contribution is -2.28. The van der Waals surface area contributed by atoms with Gasteiger partial charge in [-0.2, -0.15) is 10.1 Å². The number of phenolic OH excluding ortho intramolecular Hbond substituents is 1. The summed E-state index contributed by atoms with van der Waals surface area (Å²) in [5.74, 6) is -0.747. The summed E-state index contributed by atoms with van der Waals surface area (Å²) in [6.07, 6.45) is 1.55. The second kappa shape index (κ2) is 7.25. The third-order valence-corrected chi connectivity index (χ3v) is 4.29. The van der Waals surface area contributed by atoms with Crippen LogP contribution in [0, 0.1) is 5.92 Å². The van der Waals surface area contributed by atoms with Crippen LogP contribution < -0.4 is 5.01 Å². The standard InChI is InChI=1S/C22H17N3O2/c26-20-14-8-7-13-19(20)23-15-18-21(16-9-3-1-4-10-16)24-25(22(18)27)17-11-5-2-6-12-17/h1-15,18,26H. The number of rotatable bonds is 4. The number of amides is 1. The summed E-state index contributed by atoms with van der Waals surface area (Å²) < 4.78 is 0. The Morgan fingerprint density at radius 3 is 2.22 bits per heavy atom. The second-order valence-corrected chi connectivity index (χ2v) is 6.08. The van der Waals surface area contributed by atoms with Gasteiger partial charge in [0.25, 0.3) is 5.91 Å². The van der Waals surface area contributed by atoms with Crippen LogP contribution >= 0.6 is 0 Å². The monoisotopic (exact) mass is 355 g/mol. The molecule has 0 aromatic heterocycles. The number of hydrazone groups is 1. The van der Waals surface area contributed by atoms with Crippen LogP contribution in [0.4, 0.5) is 11.4 Å². The summed E-state index contributed by atoms with van der Waals surface area (Å²) in [5, 5.41) is 15.9. The number of carbonyl (C=O) groups excluding carboxylic acids is 1. The van der Waals surface area contributed by atoms with Crippen molar-refractivity contribution < 1.29 is 9.90 Å². The average Bonchev–Trinajstić information content (AvgIpc) is 3.05. The first-order chi connectivity index (χ1) is 13.2. The Hall–Kier alpha value is -3.73. The molecule has 27 heavy (non-hydrogen) atoms. The highest BCUT2D eigenvalue weighted by atomic mass is 16.3. The van der Waals surface area contributed by atoms with Crippen molar-refractivity contribution in [1.82, 2.24) is 0 Å². The maximum atomic E-state index is 13.1. The van der Waals surface area contributed by atoms with Crippen molar-refractivity contribution in [1.29, 1.82) is 0 Å². The minimum absolute atomic E-state index is 0.0670. The Morgan fingerprint density at radius 2 is 1.52 bits per heavy atom. The van der Waals surface area contributed by atoms with E-state index >= 15 is 0 Å². The Balaban J connectivity index is 1.73. The summed E-state index contributed by atoms with van der Waals surface area (Å²) >= 11 is 0. The third-order valence-electron chi connectivity index (χ3n) is 4.29. The fourth-order valence-corrected chi connectivity index (χ4v) is 2.93. The summed E-state index contributed by atoms with van der Waals surface area (Å²) in [7, 11) is 0. The normalized spacial score (nSPS) is 16.7. The maximum Gasteiger partial charge on any atom is 0.262 e. The second-order valence-electron chi connectivity index (χ2n) is 6.08. The van der Waals surface area contributed by atoms with Gasteiger partial charge in [-0.1, -0.05) is 60.7 Å². The van der Waals surface area contributed by atoms with E-state index in [9.17, 15) is 9.90 Å². The lowest BCUT2D eigenvalue weighted by Gasteiger charge is -2.12. The molecule has 5 heteroatoms. The zero-order valence-electron chi connectivity index (χ0n) is 14.4. The first-order valence-electron chi connectivity index (χ1n) is 8.59. The average molecular weight is 355 g/mol. The zero-order chi connectivity index (χ0) is 18.6. The van der Waals surface area contributed by atoms with Crippen LogP contribution in [-0.2, 0) is 4.79 Å². The quantitative estimate of drug-likeness (QED) is 0.714. The van der Waals surface area contributed by atoms with Crippen LogP contribution in [-0.4, -0.2) is 22.9 Å². The molecule has 1 amide bonds. The predicted molar refractivity (Wildman–Crippen MR) is 107 cm³/mol. The molecule has 132 valence electrons. The lowest BCUT2D eigenvalue weighted by atomic mass is 9.98. The van der Waals surface area contributed by atoms with Crippen molar-refractivity contribution in [2.24, 2.45) is 16.0 Å². The van der Waals surface area contributed by atoms with Gasteiger partial charge in [-0.25, -0.2) is 0 Å². The minimum Gasteiger partial charge on any atom is -0.506 e. The number of aromatic hydroxyl groups is 1. The van der Waals surface area contributed by atoms with Crippen LogP contribution in [0.15, 0.2) is 95.0 Å². The molecule has 1 aliphatic heterocycles. The van der Waals surface area contributed by atoms with Crippen LogP contribution in [0.3, 0.4) is 0 Å². The van der Waals surface area contributed by atoms with E-state index in [1.807, 2.05) is 60.7 Å². The van der Waals surface area contributed by atoms with Gasteiger partial charge in [0.15, 0.2) is 0 Å². The fourth-order valence-electron chi connectivity index (χ4n) is 2.93. The molecule has 0 spiro atoms. The molecule has 1 N–H and O–H groups in total. The summed E-state index contributed by atoms with van der Waals surface area (Å²) in [4.78, 5) is 17.4. The fraction of sp³-hybridized carbons (Fsp3) is 0.0455. The van der Waals surface area contributed by atoms with Crippen LogP contribution in [0.5, 0.6) is 5.75 Å². The summed E-state index contributed by atoms with van der Waals surface area (Å²) in [5.41, 5.74) is 2.60. The van der Waals surface area contributed by atoms with E-state index in [2.05, 4.69) is 10.1 Å². The Kier molecular flexibility index (Phi) is 4.49. The zero-order valence-corrected chi connectivity index (χ0v) is 14.4. The van der Waals surface area contributed by atoms with Gasteiger partial charge in [0.1, 0.15) is 17.4 Å². The predicted octanol–water partition coefficient (Wildman–Crippen LogP) is 4.16. The number of para-hydroxylation sites is 3. The van der Waals surface area contributed by atoms with Gasteiger partial charge in [0.2, 0.25) is 0 Å². The molecule has 3 aromatic rings. The summed E-state index contributed by atoms with van der Waals surface area (Å²) in [6.45, 7) is 0. The number of anilines is 1. The van der Waals surface area contributed by atoms with Gasteiger partial charge < -0.3 is 5.11 Å². The smallest absolute Gasteiger partial charge is 0.262 e. The number of carbonyl (C=O) groups is 1. The number of benzene rings is 3. The highest BCUT2D eigenvalue weighted by Crippen LogP contribution is 2.28. The molecule has 1 heterocycles. The maximum absolute atomic E-state index is 13.1. The van der Waals surface area contributed by atoms with Crippen LogP contribution in [0.25, 0.3) is 0 Å². The number of nitrogens with zero attached hydrogens (tertiary/aromatic N) is 3. The van der Waals surface area contributed by atoms with E-state index in [1.165, 1.54) is 5.01 Å². The first kappa shape index (κ1) is 16.7. The molecule has 1 atom stereocenters. The van der Waals surface area contributed by atoms with E-state index < -0.39 is 5.92 Å². The number of hydrogen-bond donors (Lipinski definition) is 1. The Labute approximate surface area is 156 Å². The van der Waals surface area contributed by atoms with Crippen molar-refractivity contribution in [2.75, 3.05) is 5.01 Å².